The van der Waals surface area contributed by atoms with Gasteiger partial charge in [-0.3, -0.25) is 4.79 Å². The quantitative estimate of drug-likeness (QED) is 0.769. The number of ether oxygens (including phenoxy) is 1. The fourth-order valence-electron chi connectivity index (χ4n) is 2.08. The zero-order valence-electron chi connectivity index (χ0n) is 12.4. The van der Waals surface area contributed by atoms with Gasteiger partial charge >= 0.3 is 0 Å². The number of nitrogens with two attached hydrogens (primary N) is 1. The number of amides is 1. The lowest BCUT2D eigenvalue weighted by atomic mass is 10.3. The van der Waals surface area contributed by atoms with Crippen molar-refractivity contribution in [3.63, 3.8) is 0 Å². The van der Waals surface area contributed by atoms with Gasteiger partial charge in [0.25, 0.3) is 5.91 Å². The van der Waals surface area contributed by atoms with Crippen LogP contribution in [0.5, 0.6) is 5.75 Å². The number of hydrogen-bond acceptors (Lipinski definition) is 5. The minimum atomic E-state index is -0.409. The van der Waals surface area contributed by atoms with Crippen LogP contribution in [-0.2, 0) is 0 Å². The van der Waals surface area contributed by atoms with Crippen LogP contribution in [0.3, 0.4) is 0 Å². The number of carbonyl (C=O) groups excluding carboxylic acids is 1. The number of para-hydroxylation sites is 1. The Morgan fingerprint density at radius 2 is 1.83 bits per heavy atom. The van der Waals surface area contributed by atoms with Crippen molar-refractivity contribution in [3.05, 3.63) is 60.3 Å². The van der Waals surface area contributed by atoms with Crippen LogP contribution in [0.15, 0.2) is 54.6 Å². The van der Waals surface area contributed by atoms with Gasteiger partial charge in [0.05, 0.1) is 12.8 Å². The monoisotopic (exact) mass is 309 g/mol. The third-order valence-electron chi connectivity index (χ3n) is 3.27. The molecule has 23 heavy (non-hydrogen) atoms. The molecule has 0 aliphatic carbocycles. The molecule has 1 amide bonds. The van der Waals surface area contributed by atoms with Crippen LogP contribution < -0.4 is 15.8 Å². The van der Waals surface area contributed by atoms with Crippen molar-refractivity contribution in [1.82, 2.24) is 15.0 Å². The van der Waals surface area contributed by atoms with Gasteiger partial charge in [0.1, 0.15) is 5.75 Å². The van der Waals surface area contributed by atoms with Gasteiger partial charge < -0.3 is 15.8 Å². The minimum Gasteiger partial charge on any atom is -0.497 e. The molecule has 0 aliphatic rings. The van der Waals surface area contributed by atoms with Crippen LogP contribution >= 0.6 is 0 Å². The summed E-state index contributed by atoms with van der Waals surface area (Å²) in [4.78, 5) is 12.3. The summed E-state index contributed by atoms with van der Waals surface area (Å²) in [6.45, 7) is 0. The maximum Gasteiger partial charge on any atom is 0.280 e. The Morgan fingerprint density at radius 3 is 2.48 bits per heavy atom. The molecule has 3 N–H and O–H groups in total. The molecule has 2 aromatic carbocycles. The first-order chi connectivity index (χ1) is 11.2. The first-order valence-corrected chi connectivity index (χ1v) is 6.91. The van der Waals surface area contributed by atoms with E-state index in [1.807, 2.05) is 18.2 Å². The zero-order chi connectivity index (χ0) is 16.2. The van der Waals surface area contributed by atoms with Crippen LogP contribution in [-0.4, -0.2) is 28.0 Å². The predicted molar refractivity (Wildman–Crippen MR) is 86.7 cm³/mol. The molecule has 1 aromatic heterocycles. The second-order valence-electron chi connectivity index (χ2n) is 4.75. The lowest BCUT2D eigenvalue weighted by Crippen LogP contribution is -2.14. The summed E-state index contributed by atoms with van der Waals surface area (Å²) in [5.41, 5.74) is 7.43. The van der Waals surface area contributed by atoms with Gasteiger partial charge in [-0.05, 0) is 36.4 Å². The Kier molecular flexibility index (Phi) is 3.92. The van der Waals surface area contributed by atoms with Crippen molar-refractivity contribution in [2.45, 2.75) is 0 Å². The summed E-state index contributed by atoms with van der Waals surface area (Å²) >= 11 is 0. The Bertz CT molecular complexity index is 812. The largest absolute Gasteiger partial charge is 0.497 e. The second-order valence-corrected chi connectivity index (χ2v) is 4.75. The van der Waals surface area contributed by atoms with E-state index in [1.165, 1.54) is 4.68 Å². The highest BCUT2D eigenvalue weighted by molar-refractivity contribution is 6.05. The summed E-state index contributed by atoms with van der Waals surface area (Å²) in [6, 6.07) is 16.2. The van der Waals surface area contributed by atoms with Gasteiger partial charge in [-0.25, -0.2) is 0 Å². The van der Waals surface area contributed by atoms with Crippen LogP contribution in [0, 0.1) is 0 Å². The molecule has 3 aromatic rings. The molecule has 0 saturated carbocycles. The highest BCUT2D eigenvalue weighted by Gasteiger charge is 2.18. The molecular weight excluding hydrogens is 294 g/mol. The molecule has 7 heteroatoms. The molecule has 0 atom stereocenters. The van der Waals surface area contributed by atoms with Gasteiger partial charge in [0.15, 0.2) is 11.5 Å². The van der Waals surface area contributed by atoms with E-state index in [0.29, 0.717) is 11.4 Å². The first kappa shape index (κ1) is 14.6. The highest BCUT2D eigenvalue weighted by atomic mass is 16.5. The van der Waals surface area contributed by atoms with Crippen molar-refractivity contribution < 1.29 is 9.53 Å². The van der Waals surface area contributed by atoms with Crippen LogP contribution in [0.25, 0.3) is 5.69 Å². The van der Waals surface area contributed by atoms with Crippen LogP contribution in [0.2, 0.25) is 0 Å². The molecule has 3 rings (SSSR count). The SMILES string of the molecule is COc1ccc(-n2nnc(C(=O)Nc3ccccc3)c2N)cc1. The van der Waals surface area contributed by atoms with Crippen molar-refractivity contribution in [3.8, 4) is 11.4 Å². The molecule has 1 heterocycles. The zero-order valence-corrected chi connectivity index (χ0v) is 12.4. The highest BCUT2D eigenvalue weighted by Crippen LogP contribution is 2.19. The lowest BCUT2D eigenvalue weighted by molar-refractivity contribution is 0.102. The average molecular weight is 309 g/mol. The molecule has 7 nitrogen and oxygen atoms in total. The number of carbonyl (C=O) groups is 1. The minimum absolute atomic E-state index is 0.0738. The van der Waals surface area contributed by atoms with Crippen molar-refractivity contribution in [2.24, 2.45) is 0 Å². The third-order valence-corrected chi connectivity index (χ3v) is 3.27. The standard InChI is InChI=1S/C16H15N5O2/c1-23-13-9-7-12(8-10-13)21-15(17)14(19-20-21)16(22)18-11-5-3-2-4-6-11/h2-10H,17H2,1H3,(H,18,22). The number of benzene rings is 2. The van der Waals surface area contributed by atoms with Crippen LogP contribution in [0.1, 0.15) is 10.5 Å². The Morgan fingerprint density at radius 1 is 1.13 bits per heavy atom. The summed E-state index contributed by atoms with van der Waals surface area (Å²) in [5, 5.41) is 10.5. The van der Waals surface area contributed by atoms with Gasteiger partial charge in [-0.15, -0.1) is 5.10 Å². The van der Waals surface area contributed by atoms with E-state index in [-0.39, 0.29) is 11.5 Å². The van der Waals surface area contributed by atoms with E-state index in [2.05, 4.69) is 15.6 Å². The first-order valence-electron chi connectivity index (χ1n) is 6.91. The molecule has 0 radical (unpaired) electrons. The molecule has 0 aliphatic heterocycles. The summed E-state index contributed by atoms with van der Waals surface area (Å²) in [5.74, 6) is 0.478. The summed E-state index contributed by atoms with van der Waals surface area (Å²) < 4.78 is 6.51. The Hall–Kier alpha value is -3.35. The Balaban J connectivity index is 1.85. The fraction of sp³-hybridized carbons (Fsp3) is 0.0625. The number of nitrogens with zero attached hydrogens (tertiary/aromatic N) is 3. The number of methoxy groups -OCH3 is 1. The molecule has 0 fully saturated rings. The van der Waals surface area contributed by atoms with E-state index in [9.17, 15) is 4.79 Å². The summed E-state index contributed by atoms with van der Waals surface area (Å²) in [6.07, 6.45) is 0. The summed E-state index contributed by atoms with van der Waals surface area (Å²) in [7, 11) is 1.59. The number of nitrogen functional groups attached to an aromatic ring is 1. The topological polar surface area (TPSA) is 95.1 Å². The van der Waals surface area contributed by atoms with Crippen LogP contribution in [0.4, 0.5) is 11.5 Å². The fourth-order valence-corrected chi connectivity index (χ4v) is 2.08. The van der Waals surface area contributed by atoms with Gasteiger partial charge in [0.2, 0.25) is 0 Å². The maximum atomic E-state index is 12.3. The van der Waals surface area contributed by atoms with Gasteiger partial charge in [0, 0.05) is 5.69 Å². The van der Waals surface area contributed by atoms with E-state index >= 15 is 0 Å². The number of anilines is 2. The maximum absolute atomic E-state index is 12.3. The molecule has 0 unspecified atom stereocenters. The predicted octanol–water partition coefficient (Wildman–Crippen LogP) is 2.11. The smallest absolute Gasteiger partial charge is 0.280 e. The molecule has 0 saturated heterocycles. The number of rotatable bonds is 4. The average Bonchev–Trinajstić information content (AvgIpc) is 2.97. The Labute approximate surface area is 132 Å². The van der Waals surface area contributed by atoms with Gasteiger partial charge in [-0.2, -0.15) is 4.68 Å². The van der Waals surface area contributed by atoms with E-state index in [4.69, 9.17) is 10.5 Å². The number of aromatic nitrogens is 3. The van der Waals surface area contributed by atoms with E-state index in [0.717, 1.165) is 5.75 Å². The lowest BCUT2D eigenvalue weighted by Gasteiger charge is -2.05. The van der Waals surface area contributed by atoms with Crippen molar-refractivity contribution >= 4 is 17.4 Å². The van der Waals surface area contributed by atoms with Crippen molar-refractivity contribution in [2.75, 3.05) is 18.2 Å². The normalized spacial score (nSPS) is 10.3. The van der Waals surface area contributed by atoms with E-state index < -0.39 is 5.91 Å². The van der Waals surface area contributed by atoms with Crippen molar-refractivity contribution in [1.29, 1.82) is 0 Å². The number of hydrogen-bond donors (Lipinski definition) is 2. The molecule has 0 bridgehead atoms. The molecule has 116 valence electrons. The third kappa shape index (κ3) is 2.98. The molecular formula is C16H15N5O2. The second kappa shape index (κ2) is 6.18. The number of nitrogens with one attached hydrogen (secondary N) is 1. The van der Waals surface area contributed by atoms with E-state index in [1.54, 1.807) is 43.5 Å². The molecule has 0 spiro atoms. The van der Waals surface area contributed by atoms with Gasteiger partial charge in [-0.1, -0.05) is 23.4 Å².